The van der Waals surface area contributed by atoms with Crippen LogP contribution in [-0.4, -0.2) is 46.1 Å². The van der Waals surface area contributed by atoms with Crippen LogP contribution >= 0.6 is 0 Å². The summed E-state index contributed by atoms with van der Waals surface area (Å²) in [6, 6.07) is 10.2. The lowest BCUT2D eigenvalue weighted by Crippen LogP contribution is -2.34. The molecule has 0 bridgehead atoms. The summed E-state index contributed by atoms with van der Waals surface area (Å²) in [6.45, 7) is 6.32. The molecule has 0 saturated carbocycles. The van der Waals surface area contributed by atoms with Crippen molar-refractivity contribution in [1.82, 2.24) is 14.8 Å². The fourth-order valence-electron chi connectivity index (χ4n) is 3.38. The van der Waals surface area contributed by atoms with Crippen LogP contribution in [-0.2, 0) is 17.7 Å². The first-order valence-corrected chi connectivity index (χ1v) is 10.3. The highest BCUT2D eigenvalue weighted by atomic mass is 16.6. The molecular formula is C23H27N3O5. The van der Waals surface area contributed by atoms with E-state index in [1.54, 1.807) is 67.9 Å². The summed E-state index contributed by atoms with van der Waals surface area (Å²) in [6.07, 6.45) is 2.03. The Morgan fingerprint density at radius 3 is 2.23 bits per heavy atom. The Bertz CT molecular complexity index is 1020. The lowest BCUT2D eigenvalue weighted by Gasteiger charge is -2.19. The molecule has 1 aliphatic rings. The van der Waals surface area contributed by atoms with E-state index < -0.39 is 11.7 Å². The maximum absolute atomic E-state index is 12.7. The first kappa shape index (κ1) is 22.3. The number of nitrogens with zero attached hydrogens (tertiary/aromatic N) is 2. The SMILES string of the molecule is CC(C)(C)OC(=O)NCCCn1cccc(CCN2C(=O)c3ccccc3C2=O)c1=O. The Morgan fingerprint density at radius 2 is 1.61 bits per heavy atom. The van der Waals surface area contributed by atoms with Crippen molar-refractivity contribution in [3.63, 3.8) is 0 Å². The third kappa shape index (κ3) is 5.39. The molecule has 1 aromatic heterocycles. The van der Waals surface area contributed by atoms with Crippen LogP contribution in [0.2, 0.25) is 0 Å². The van der Waals surface area contributed by atoms with Crippen molar-refractivity contribution in [1.29, 1.82) is 0 Å². The molecule has 3 amide bonds. The van der Waals surface area contributed by atoms with Crippen LogP contribution in [0.4, 0.5) is 4.79 Å². The van der Waals surface area contributed by atoms with Crippen LogP contribution in [0.1, 0.15) is 53.5 Å². The van der Waals surface area contributed by atoms with Gasteiger partial charge in [-0.25, -0.2) is 4.79 Å². The number of aromatic nitrogens is 1. The summed E-state index contributed by atoms with van der Waals surface area (Å²) in [5.41, 5.74) is 0.593. The number of imide groups is 1. The Labute approximate surface area is 180 Å². The van der Waals surface area contributed by atoms with Crippen molar-refractivity contribution in [2.75, 3.05) is 13.1 Å². The maximum atomic E-state index is 12.7. The Hall–Kier alpha value is -3.42. The fraction of sp³-hybridized carbons (Fsp3) is 0.391. The minimum Gasteiger partial charge on any atom is -0.444 e. The molecule has 0 atom stereocenters. The van der Waals surface area contributed by atoms with E-state index in [4.69, 9.17) is 4.74 Å². The Balaban J connectivity index is 1.54. The van der Waals surface area contributed by atoms with Gasteiger partial charge in [0.25, 0.3) is 17.4 Å². The zero-order valence-corrected chi connectivity index (χ0v) is 18.0. The molecule has 1 aliphatic heterocycles. The lowest BCUT2D eigenvalue weighted by molar-refractivity contribution is 0.0525. The van der Waals surface area contributed by atoms with Crippen molar-refractivity contribution in [3.8, 4) is 0 Å². The van der Waals surface area contributed by atoms with Gasteiger partial charge in [0, 0.05) is 31.4 Å². The Morgan fingerprint density at radius 1 is 0.968 bits per heavy atom. The molecule has 1 aromatic carbocycles. The third-order valence-corrected chi connectivity index (χ3v) is 4.83. The number of rotatable bonds is 7. The van der Waals surface area contributed by atoms with E-state index in [2.05, 4.69) is 5.32 Å². The molecule has 0 radical (unpaired) electrons. The van der Waals surface area contributed by atoms with Crippen molar-refractivity contribution in [3.05, 3.63) is 69.6 Å². The van der Waals surface area contributed by atoms with E-state index in [0.29, 0.717) is 36.2 Å². The molecule has 0 spiro atoms. The van der Waals surface area contributed by atoms with Crippen LogP contribution in [0.15, 0.2) is 47.4 Å². The lowest BCUT2D eigenvalue weighted by atomic mass is 10.1. The van der Waals surface area contributed by atoms with E-state index >= 15 is 0 Å². The predicted octanol–water partition coefficient (Wildman–Crippen LogP) is 2.60. The highest BCUT2D eigenvalue weighted by Crippen LogP contribution is 2.22. The summed E-state index contributed by atoms with van der Waals surface area (Å²) in [4.78, 5) is 50.5. The van der Waals surface area contributed by atoms with Crippen molar-refractivity contribution in [2.24, 2.45) is 0 Å². The number of benzene rings is 1. The Kier molecular flexibility index (Phi) is 6.58. The van der Waals surface area contributed by atoms with Gasteiger partial charge >= 0.3 is 6.09 Å². The zero-order valence-electron chi connectivity index (χ0n) is 18.0. The van der Waals surface area contributed by atoms with E-state index in [9.17, 15) is 19.2 Å². The molecule has 164 valence electrons. The second-order valence-corrected chi connectivity index (χ2v) is 8.37. The maximum Gasteiger partial charge on any atom is 0.407 e. The first-order chi connectivity index (χ1) is 14.7. The predicted molar refractivity (Wildman–Crippen MR) is 115 cm³/mol. The second kappa shape index (κ2) is 9.16. The molecule has 0 unspecified atom stereocenters. The second-order valence-electron chi connectivity index (χ2n) is 8.37. The highest BCUT2D eigenvalue weighted by Gasteiger charge is 2.34. The van der Waals surface area contributed by atoms with Gasteiger partial charge in [0.2, 0.25) is 0 Å². The largest absolute Gasteiger partial charge is 0.444 e. The molecule has 2 heterocycles. The van der Waals surface area contributed by atoms with Gasteiger partial charge in [-0.2, -0.15) is 0 Å². The van der Waals surface area contributed by atoms with Gasteiger partial charge in [0.15, 0.2) is 0 Å². The number of nitrogens with one attached hydrogen (secondary N) is 1. The average molecular weight is 425 g/mol. The number of ether oxygens (including phenoxy) is 1. The molecule has 0 saturated heterocycles. The van der Waals surface area contributed by atoms with Gasteiger partial charge in [-0.1, -0.05) is 18.2 Å². The van der Waals surface area contributed by atoms with Gasteiger partial charge < -0.3 is 14.6 Å². The molecule has 1 N–H and O–H groups in total. The van der Waals surface area contributed by atoms with Gasteiger partial charge in [0.1, 0.15) is 5.60 Å². The van der Waals surface area contributed by atoms with Crippen LogP contribution in [0, 0.1) is 0 Å². The normalized spacial score (nSPS) is 13.3. The third-order valence-electron chi connectivity index (χ3n) is 4.83. The quantitative estimate of drug-likeness (QED) is 0.543. The van der Waals surface area contributed by atoms with Crippen LogP contribution < -0.4 is 10.9 Å². The number of amides is 3. The first-order valence-electron chi connectivity index (χ1n) is 10.3. The number of carbonyl (C=O) groups is 3. The summed E-state index contributed by atoms with van der Waals surface area (Å²) >= 11 is 0. The van der Waals surface area contributed by atoms with Gasteiger partial charge in [0.05, 0.1) is 11.1 Å². The molecule has 3 rings (SSSR count). The van der Waals surface area contributed by atoms with Crippen LogP contribution in [0.5, 0.6) is 0 Å². The molecule has 8 heteroatoms. The van der Waals surface area contributed by atoms with E-state index in [1.807, 2.05) is 0 Å². The van der Waals surface area contributed by atoms with Crippen molar-refractivity contribution >= 4 is 17.9 Å². The number of alkyl carbamates (subject to hydrolysis) is 1. The van der Waals surface area contributed by atoms with E-state index in [0.717, 1.165) is 0 Å². The molecule has 0 aliphatic carbocycles. The fourth-order valence-corrected chi connectivity index (χ4v) is 3.38. The summed E-state index contributed by atoms with van der Waals surface area (Å²) in [7, 11) is 0. The standard InChI is InChI=1S/C23H27N3O5/c1-23(2,3)31-22(30)24-12-7-14-25-13-6-8-16(19(25)27)11-15-26-20(28)17-9-4-5-10-18(17)21(26)29/h4-6,8-10,13H,7,11-12,14-15H2,1-3H3,(H,24,30). The average Bonchev–Trinajstić information content (AvgIpc) is 2.95. The summed E-state index contributed by atoms with van der Waals surface area (Å²) in [5.74, 6) is -0.657. The number of hydrogen-bond donors (Lipinski definition) is 1. The summed E-state index contributed by atoms with van der Waals surface area (Å²) < 4.78 is 6.74. The summed E-state index contributed by atoms with van der Waals surface area (Å²) in [5, 5.41) is 2.67. The topological polar surface area (TPSA) is 97.7 Å². The zero-order chi connectivity index (χ0) is 22.6. The number of aryl methyl sites for hydroxylation is 1. The number of carbonyl (C=O) groups excluding carboxylic acids is 3. The van der Waals surface area contributed by atoms with Crippen molar-refractivity contribution < 1.29 is 19.1 Å². The van der Waals surface area contributed by atoms with Crippen molar-refractivity contribution in [2.45, 2.75) is 45.8 Å². The molecule has 0 fully saturated rings. The van der Waals surface area contributed by atoms with E-state index in [1.165, 1.54) is 4.90 Å². The minimum atomic E-state index is -0.561. The van der Waals surface area contributed by atoms with Crippen LogP contribution in [0.25, 0.3) is 0 Å². The number of pyridine rings is 1. The van der Waals surface area contributed by atoms with E-state index in [-0.39, 0.29) is 30.3 Å². The van der Waals surface area contributed by atoms with Gasteiger partial charge in [-0.15, -0.1) is 0 Å². The smallest absolute Gasteiger partial charge is 0.407 e. The molecule has 2 aromatic rings. The van der Waals surface area contributed by atoms with Gasteiger partial charge in [-0.05, 0) is 51.8 Å². The van der Waals surface area contributed by atoms with Gasteiger partial charge in [-0.3, -0.25) is 19.3 Å². The minimum absolute atomic E-state index is 0.145. The molecule has 31 heavy (non-hydrogen) atoms. The highest BCUT2D eigenvalue weighted by molar-refractivity contribution is 6.21. The van der Waals surface area contributed by atoms with Crippen LogP contribution in [0.3, 0.4) is 0 Å². The molecule has 8 nitrogen and oxygen atoms in total. The molecular weight excluding hydrogens is 398 g/mol. The monoisotopic (exact) mass is 425 g/mol. The number of hydrogen-bond acceptors (Lipinski definition) is 5. The number of fused-ring (bicyclic) bond motifs is 1.